The van der Waals surface area contributed by atoms with E-state index in [1.165, 1.54) is 11.3 Å². The van der Waals surface area contributed by atoms with Crippen molar-refractivity contribution >= 4 is 27.5 Å². The Kier molecular flexibility index (Phi) is 4.12. The molecule has 0 radical (unpaired) electrons. The van der Waals surface area contributed by atoms with Crippen molar-refractivity contribution in [1.29, 1.82) is 0 Å². The summed E-state index contributed by atoms with van der Waals surface area (Å²) >= 11 is 1.41. The van der Waals surface area contributed by atoms with Crippen LogP contribution in [-0.4, -0.2) is 28.8 Å². The van der Waals surface area contributed by atoms with E-state index in [0.717, 1.165) is 10.4 Å². The van der Waals surface area contributed by atoms with Gasteiger partial charge in [0.05, 0.1) is 5.39 Å². The second-order valence-electron chi connectivity index (χ2n) is 4.32. The topological polar surface area (TPSA) is 74.8 Å². The van der Waals surface area contributed by atoms with Crippen LogP contribution in [-0.2, 0) is 11.2 Å². The molecule has 108 valence electrons. The predicted octanol–water partition coefficient (Wildman–Crippen LogP) is 1.53. The number of carbonyl (C=O) groups excluding carboxylic acids is 1. The van der Waals surface area contributed by atoms with Crippen molar-refractivity contribution in [3.63, 3.8) is 0 Å². The second kappa shape index (κ2) is 5.66. The molecule has 0 bridgehead atoms. The predicted molar refractivity (Wildman–Crippen MR) is 72.4 cm³/mol. The maximum Gasteiger partial charge on any atom is 0.315 e. The van der Waals surface area contributed by atoms with Crippen molar-refractivity contribution in [3.05, 3.63) is 26.6 Å². The third kappa shape index (κ3) is 2.84. The van der Waals surface area contributed by atoms with Gasteiger partial charge in [-0.3, -0.25) is 9.59 Å². The molecule has 0 fully saturated rings. The molecule has 2 heterocycles. The molecular formula is C12H13F2N3O2S. The molecule has 8 heteroatoms. The number of fused-ring (bicyclic) bond motifs is 1. The number of thiophene rings is 1. The van der Waals surface area contributed by atoms with Crippen LogP contribution >= 0.6 is 11.3 Å². The SMILES string of the molecule is Cc1sc2nc(CCNC(=O)C(F)F)[nH]c(=O)c2c1C. The zero-order chi connectivity index (χ0) is 14.9. The minimum atomic E-state index is -3.04. The first kappa shape index (κ1) is 14.6. The van der Waals surface area contributed by atoms with Crippen LogP contribution in [0, 0.1) is 13.8 Å². The molecule has 2 aromatic rings. The molecule has 0 saturated carbocycles. The number of nitrogens with one attached hydrogen (secondary N) is 2. The van der Waals surface area contributed by atoms with Gasteiger partial charge in [0.15, 0.2) is 0 Å². The fourth-order valence-electron chi connectivity index (χ4n) is 1.80. The lowest BCUT2D eigenvalue weighted by Gasteiger charge is -2.04. The molecule has 0 atom stereocenters. The minimum Gasteiger partial charge on any atom is -0.351 e. The van der Waals surface area contributed by atoms with Gasteiger partial charge in [-0.25, -0.2) is 4.98 Å². The van der Waals surface area contributed by atoms with E-state index in [1.54, 1.807) is 0 Å². The van der Waals surface area contributed by atoms with E-state index in [0.29, 0.717) is 16.0 Å². The first-order valence-corrected chi connectivity index (χ1v) is 6.76. The van der Waals surface area contributed by atoms with Crippen molar-refractivity contribution in [1.82, 2.24) is 15.3 Å². The summed E-state index contributed by atoms with van der Waals surface area (Å²) in [5, 5.41) is 2.63. The molecule has 20 heavy (non-hydrogen) atoms. The third-order valence-corrected chi connectivity index (χ3v) is 4.05. The lowest BCUT2D eigenvalue weighted by Crippen LogP contribution is -2.31. The molecule has 2 N–H and O–H groups in total. The van der Waals surface area contributed by atoms with E-state index in [2.05, 4.69) is 15.3 Å². The molecule has 0 aromatic carbocycles. The van der Waals surface area contributed by atoms with Crippen molar-refractivity contribution in [3.8, 4) is 0 Å². The van der Waals surface area contributed by atoms with Crippen molar-refractivity contribution in [2.75, 3.05) is 6.54 Å². The summed E-state index contributed by atoms with van der Waals surface area (Å²) in [4.78, 5) is 31.2. The van der Waals surface area contributed by atoms with Crippen LogP contribution in [0.5, 0.6) is 0 Å². The molecule has 0 spiro atoms. The lowest BCUT2D eigenvalue weighted by atomic mass is 10.2. The number of halogens is 2. The highest BCUT2D eigenvalue weighted by atomic mass is 32.1. The van der Waals surface area contributed by atoms with Gasteiger partial charge in [0.25, 0.3) is 11.5 Å². The fraction of sp³-hybridized carbons (Fsp3) is 0.417. The van der Waals surface area contributed by atoms with E-state index in [4.69, 9.17) is 0 Å². The number of hydrogen-bond acceptors (Lipinski definition) is 4. The summed E-state index contributed by atoms with van der Waals surface area (Å²) in [6.45, 7) is 3.76. The molecule has 0 aliphatic heterocycles. The number of rotatable bonds is 4. The summed E-state index contributed by atoms with van der Waals surface area (Å²) < 4.78 is 24.0. The number of alkyl halides is 2. The Bertz CT molecular complexity index is 709. The Morgan fingerprint density at radius 2 is 2.15 bits per heavy atom. The standard InChI is InChI=1S/C12H13F2N3O2S/c1-5-6(2)20-12-8(5)10(18)16-7(17-12)3-4-15-11(19)9(13)14/h9H,3-4H2,1-2H3,(H,15,19)(H,16,17,18). The van der Waals surface area contributed by atoms with Crippen LogP contribution in [0.1, 0.15) is 16.3 Å². The van der Waals surface area contributed by atoms with Gasteiger partial charge in [0, 0.05) is 17.8 Å². The van der Waals surface area contributed by atoms with Crippen LogP contribution in [0.15, 0.2) is 4.79 Å². The number of nitrogens with zero attached hydrogens (tertiary/aromatic N) is 1. The van der Waals surface area contributed by atoms with E-state index in [1.807, 2.05) is 13.8 Å². The molecule has 0 saturated heterocycles. The van der Waals surface area contributed by atoms with Gasteiger partial charge < -0.3 is 10.3 Å². The number of carbonyl (C=O) groups is 1. The van der Waals surface area contributed by atoms with Gasteiger partial charge in [0.1, 0.15) is 10.7 Å². The highest BCUT2D eigenvalue weighted by Crippen LogP contribution is 2.25. The molecular weight excluding hydrogens is 288 g/mol. The fourth-order valence-corrected chi connectivity index (χ4v) is 2.85. The van der Waals surface area contributed by atoms with Crippen LogP contribution in [0.3, 0.4) is 0 Å². The summed E-state index contributed by atoms with van der Waals surface area (Å²) in [5.74, 6) is -0.949. The van der Waals surface area contributed by atoms with E-state index >= 15 is 0 Å². The number of aryl methyl sites for hydroxylation is 2. The van der Waals surface area contributed by atoms with Gasteiger partial charge in [0.2, 0.25) is 0 Å². The Morgan fingerprint density at radius 3 is 2.80 bits per heavy atom. The first-order valence-electron chi connectivity index (χ1n) is 5.95. The zero-order valence-electron chi connectivity index (χ0n) is 10.9. The van der Waals surface area contributed by atoms with Gasteiger partial charge >= 0.3 is 6.43 Å². The minimum absolute atomic E-state index is 0.000952. The molecule has 0 aliphatic carbocycles. The summed E-state index contributed by atoms with van der Waals surface area (Å²) in [5.41, 5.74) is 0.656. The molecule has 0 aliphatic rings. The normalized spacial score (nSPS) is 11.2. The van der Waals surface area contributed by atoms with E-state index in [9.17, 15) is 18.4 Å². The quantitative estimate of drug-likeness (QED) is 0.899. The van der Waals surface area contributed by atoms with Crippen molar-refractivity contribution in [2.45, 2.75) is 26.7 Å². The van der Waals surface area contributed by atoms with Gasteiger partial charge in [-0.15, -0.1) is 11.3 Å². The zero-order valence-corrected chi connectivity index (χ0v) is 11.7. The van der Waals surface area contributed by atoms with Crippen LogP contribution < -0.4 is 10.9 Å². The Hall–Kier alpha value is -1.83. The van der Waals surface area contributed by atoms with Crippen LogP contribution in [0.4, 0.5) is 8.78 Å². The Balaban J connectivity index is 2.16. The molecule has 5 nitrogen and oxygen atoms in total. The molecule has 1 amide bonds. The lowest BCUT2D eigenvalue weighted by molar-refractivity contribution is -0.131. The van der Waals surface area contributed by atoms with Crippen molar-refractivity contribution < 1.29 is 13.6 Å². The number of aromatic nitrogens is 2. The Morgan fingerprint density at radius 1 is 1.45 bits per heavy atom. The van der Waals surface area contributed by atoms with Crippen molar-refractivity contribution in [2.24, 2.45) is 0 Å². The van der Waals surface area contributed by atoms with Gasteiger partial charge in [-0.1, -0.05) is 0 Å². The molecule has 2 aromatic heterocycles. The highest BCUT2D eigenvalue weighted by molar-refractivity contribution is 7.18. The number of amides is 1. The third-order valence-electron chi connectivity index (χ3n) is 2.95. The monoisotopic (exact) mass is 301 g/mol. The average Bonchev–Trinajstić information content (AvgIpc) is 2.65. The first-order chi connectivity index (χ1) is 9.40. The van der Waals surface area contributed by atoms with Gasteiger partial charge in [-0.05, 0) is 19.4 Å². The van der Waals surface area contributed by atoms with Crippen LogP contribution in [0.25, 0.3) is 10.2 Å². The van der Waals surface area contributed by atoms with Gasteiger partial charge in [-0.2, -0.15) is 8.78 Å². The summed E-state index contributed by atoms with van der Waals surface area (Å²) in [6, 6.07) is 0. The Labute approximate surface area is 117 Å². The number of hydrogen-bond donors (Lipinski definition) is 2. The number of aromatic amines is 1. The van der Waals surface area contributed by atoms with Crippen LogP contribution in [0.2, 0.25) is 0 Å². The number of H-pyrrole nitrogens is 1. The smallest absolute Gasteiger partial charge is 0.315 e. The van der Waals surface area contributed by atoms with E-state index in [-0.39, 0.29) is 18.5 Å². The largest absolute Gasteiger partial charge is 0.351 e. The molecule has 2 rings (SSSR count). The average molecular weight is 301 g/mol. The summed E-state index contributed by atoms with van der Waals surface area (Å²) in [7, 11) is 0. The second-order valence-corrected chi connectivity index (χ2v) is 5.52. The summed E-state index contributed by atoms with van der Waals surface area (Å²) in [6.07, 6.45) is -2.84. The molecule has 0 unspecified atom stereocenters. The highest BCUT2D eigenvalue weighted by Gasteiger charge is 2.15. The maximum absolute atomic E-state index is 12.0. The van der Waals surface area contributed by atoms with E-state index < -0.39 is 12.3 Å². The maximum atomic E-state index is 12.0.